The number of carbonyl (C=O) groups excluding carboxylic acids is 1. The summed E-state index contributed by atoms with van der Waals surface area (Å²) < 4.78 is 0. The summed E-state index contributed by atoms with van der Waals surface area (Å²) in [6, 6.07) is 17.3. The Hall–Kier alpha value is -2.62. The van der Waals surface area contributed by atoms with Crippen LogP contribution in [0.2, 0.25) is 0 Å². The van der Waals surface area contributed by atoms with Crippen molar-refractivity contribution in [2.45, 2.75) is 12.5 Å². The molecule has 0 spiro atoms. The van der Waals surface area contributed by atoms with E-state index >= 15 is 0 Å². The van der Waals surface area contributed by atoms with Gasteiger partial charge in [-0.1, -0.05) is 60.7 Å². The Morgan fingerprint density at radius 2 is 1.50 bits per heavy atom. The highest BCUT2D eigenvalue weighted by Crippen LogP contribution is 2.16. The fraction of sp³-hybridized carbons (Fsp3) is 0.125. The van der Waals surface area contributed by atoms with Crippen molar-refractivity contribution < 1.29 is 14.7 Å². The number of ketones is 1. The normalized spacial score (nSPS) is 11.6. The average molecular weight is 269 g/mol. The molecule has 1 unspecified atom stereocenters. The van der Waals surface area contributed by atoms with Crippen molar-refractivity contribution >= 4 is 11.9 Å². The summed E-state index contributed by atoms with van der Waals surface area (Å²) in [6.07, 6.45) is -1.01. The lowest BCUT2D eigenvalue weighted by atomic mass is 9.98. The number of carbonyl (C=O) groups is 2. The van der Waals surface area contributed by atoms with Crippen molar-refractivity contribution in [3.63, 3.8) is 0 Å². The van der Waals surface area contributed by atoms with E-state index in [-0.39, 0.29) is 12.2 Å². The summed E-state index contributed by atoms with van der Waals surface area (Å²) in [4.78, 5) is 23.2. The first-order valence-electron chi connectivity index (χ1n) is 6.28. The van der Waals surface area contributed by atoms with Crippen LogP contribution in [0, 0.1) is 0 Å². The van der Waals surface area contributed by atoms with Gasteiger partial charge in [0.15, 0.2) is 5.78 Å². The lowest BCUT2D eigenvalue weighted by Gasteiger charge is -2.16. The van der Waals surface area contributed by atoms with Gasteiger partial charge in [0.05, 0.1) is 0 Å². The molecule has 2 aromatic carbocycles. The Balaban J connectivity index is 2.18. The summed E-state index contributed by atoms with van der Waals surface area (Å²) >= 11 is 0. The summed E-state index contributed by atoms with van der Waals surface area (Å²) in [6.45, 7) is 0. The van der Waals surface area contributed by atoms with Crippen LogP contribution >= 0.6 is 0 Å². The number of rotatable bonds is 5. The largest absolute Gasteiger partial charge is 0.465 e. The Morgan fingerprint density at radius 3 is 2.05 bits per heavy atom. The van der Waals surface area contributed by atoms with Crippen LogP contribution < -0.4 is 5.32 Å². The number of benzene rings is 2. The van der Waals surface area contributed by atoms with Gasteiger partial charge in [0.2, 0.25) is 0 Å². The summed E-state index contributed by atoms with van der Waals surface area (Å²) in [5, 5.41) is 11.2. The van der Waals surface area contributed by atoms with Crippen molar-refractivity contribution in [1.82, 2.24) is 5.32 Å². The lowest BCUT2D eigenvalue weighted by Crippen LogP contribution is -2.33. The molecule has 102 valence electrons. The van der Waals surface area contributed by atoms with Gasteiger partial charge in [-0.3, -0.25) is 4.79 Å². The number of amides is 1. The van der Waals surface area contributed by atoms with E-state index in [1.54, 1.807) is 24.3 Å². The molecule has 0 aliphatic rings. The predicted molar refractivity (Wildman–Crippen MR) is 75.5 cm³/mol. The predicted octanol–water partition coefficient (Wildman–Crippen LogP) is 2.81. The fourth-order valence-electron chi connectivity index (χ4n) is 2.02. The highest BCUT2D eigenvalue weighted by molar-refractivity contribution is 5.89. The summed E-state index contributed by atoms with van der Waals surface area (Å²) in [7, 11) is 0. The van der Waals surface area contributed by atoms with E-state index in [0.717, 1.165) is 5.56 Å². The van der Waals surface area contributed by atoms with Gasteiger partial charge in [0, 0.05) is 6.42 Å². The first-order valence-corrected chi connectivity index (χ1v) is 6.28. The zero-order valence-corrected chi connectivity index (χ0v) is 10.8. The Morgan fingerprint density at radius 1 is 0.950 bits per heavy atom. The zero-order valence-electron chi connectivity index (χ0n) is 10.8. The highest BCUT2D eigenvalue weighted by Gasteiger charge is 2.22. The van der Waals surface area contributed by atoms with Crippen LogP contribution in [0.25, 0.3) is 0 Å². The molecule has 20 heavy (non-hydrogen) atoms. The van der Waals surface area contributed by atoms with Crippen molar-refractivity contribution in [3.8, 4) is 0 Å². The molecule has 0 bridgehead atoms. The van der Waals surface area contributed by atoms with Crippen molar-refractivity contribution in [2.24, 2.45) is 0 Å². The maximum atomic E-state index is 12.3. The standard InChI is InChI=1S/C16H15NO3/c18-14(11-12-7-3-1-4-8-12)15(17-16(19)20)13-9-5-2-6-10-13/h1-10,15,17H,11H2,(H,19,20). The molecule has 1 atom stereocenters. The third-order valence-corrected chi connectivity index (χ3v) is 2.94. The van der Waals surface area contributed by atoms with Crippen molar-refractivity contribution in [3.05, 3.63) is 71.8 Å². The van der Waals surface area contributed by atoms with Gasteiger partial charge in [-0.15, -0.1) is 0 Å². The monoisotopic (exact) mass is 269 g/mol. The van der Waals surface area contributed by atoms with Gasteiger partial charge in [-0.2, -0.15) is 0 Å². The van der Waals surface area contributed by atoms with Crippen LogP contribution in [-0.4, -0.2) is 17.0 Å². The first-order chi connectivity index (χ1) is 9.66. The maximum absolute atomic E-state index is 12.3. The van der Waals surface area contributed by atoms with E-state index in [2.05, 4.69) is 5.32 Å². The minimum atomic E-state index is -1.21. The van der Waals surface area contributed by atoms with Crippen LogP contribution in [-0.2, 0) is 11.2 Å². The molecule has 2 aromatic rings. The molecule has 0 fully saturated rings. The average Bonchev–Trinajstić information content (AvgIpc) is 2.46. The van der Waals surface area contributed by atoms with E-state index in [1.807, 2.05) is 36.4 Å². The molecule has 2 N–H and O–H groups in total. The van der Waals surface area contributed by atoms with Crippen LogP contribution in [0.3, 0.4) is 0 Å². The molecule has 4 heteroatoms. The number of hydrogen-bond acceptors (Lipinski definition) is 2. The molecule has 1 amide bonds. The van der Waals surface area contributed by atoms with Gasteiger partial charge in [0.25, 0.3) is 0 Å². The van der Waals surface area contributed by atoms with Crippen molar-refractivity contribution in [2.75, 3.05) is 0 Å². The fourth-order valence-corrected chi connectivity index (χ4v) is 2.02. The Labute approximate surface area is 117 Å². The second-order valence-corrected chi connectivity index (χ2v) is 4.42. The maximum Gasteiger partial charge on any atom is 0.405 e. The zero-order chi connectivity index (χ0) is 14.4. The molecule has 0 aliphatic carbocycles. The smallest absolute Gasteiger partial charge is 0.405 e. The topological polar surface area (TPSA) is 66.4 Å². The second kappa shape index (κ2) is 6.52. The van der Waals surface area contributed by atoms with Crippen LogP contribution in [0.1, 0.15) is 17.2 Å². The molecule has 0 saturated carbocycles. The summed E-state index contributed by atoms with van der Waals surface area (Å²) in [5.41, 5.74) is 1.52. The minimum Gasteiger partial charge on any atom is -0.465 e. The molecule has 2 rings (SSSR count). The van der Waals surface area contributed by atoms with Crippen LogP contribution in [0.5, 0.6) is 0 Å². The van der Waals surface area contributed by atoms with Gasteiger partial charge in [0.1, 0.15) is 6.04 Å². The third-order valence-electron chi connectivity index (χ3n) is 2.94. The Bertz CT molecular complexity index is 581. The van der Waals surface area contributed by atoms with Gasteiger partial charge >= 0.3 is 6.09 Å². The molecule has 0 saturated heterocycles. The molecule has 0 aromatic heterocycles. The molecule has 0 heterocycles. The Kier molecular flexibility index (Phi) is 4.50. The molecule has 0 aliphatic heterocycles. The van der Waals surface area contributed by atoms with Crippen LogP contribution in [0.4, 0.5) is 4.79 Å². The molecular weight excluding hydrogens is 254 g/mol. The SMILES string of the molecule is O=C(O)NC(C(=O)Cc1ccccc1)c1ccccc1. The summed E-state index contributed by atoms with van der Waals surface area (Å²) in [5.74, 6) is -0.176. The molecule has 0 radical (unpaired) electrons. The minimum absolute atomic E-state index is 0.176. The van der Waals surface area contributed by atoms with E-state index in [1.165, 1.54) is 0 Å². The van der Waals surface area contributed by atoms with E-state index < -0.39 is 12.1 Å². The quantitative estimate of drug-likeness (QED) is 0.877. The lowest BCUT2D eigenvalue weighted by molar-refractivity contribution is -0.120. The molecule has 4 nitrogen and oxygen atoms in total. The van der Waals surface area contributed by atoms with E-state index in [4.69, 9.17) is 5.11 Å². The third kappa shape index (κ3) is 3.68. The van der Waals surface area contributed by atoms with Gasteiger partial charge < -0.3 is 10.4 Å². The van der Waals surface area contributed by atoms with Gasteiger partial charge in [-0.05, 0) is 11.1 Å². The highest BCUT2D eigenvalue weighted by atomic mass is 16.4. The number of hydrogen-bond donors (Lipinski definition) is 2. The molecular formula is C16H15NO3. The first kappa shape index (κ1) is 13.8. The van der Waals surface area contributed by atoms with Gasteiger partial charge in [-0.25, -0.2) is 4.79 Å². The van der Waals surface area contributed by atoms with E-state index in [0.29, 0.717) is 5.56 Å². The second-order valence-electron chi connectivity index (χ2n) is 4.42. The number of carboxylic acid groups (broad SMARTS) is 1. The number of Topliss-reactive ketones (excluding diaryl/α,β-unsaturated/α-hetero) is 1. The van der Waals surface area contributed by atoms with Crippen LogP contribution in [0.15, 0.2) is 60.7 Å². The van der Waals surface area contributed by atoms with E-state index in [9.17, 15) is 9.59 Å². The number of nitrogens with one attached hydrogen (secondary N) is 1. The van der Waals surface area contributed by atoms with Crippen molar-refractivity contribution in [1.29, 1.82) is 0 Å².